The van der Waals surface area contributed by atoms with Gasteiger partial charge in [0.1, 0.15) is 5.75 Å². The fraction of sp³-hybridized carbons (Fsp3) is 0.125. The van der Waals surface area contributed by atoms with Crippen LogP contribution in [0.25, 0.3) is 22.8 Å². The topological polar surface area (TPSA) is 119 Å². The van der Waals surface area contributed by atoms with Crippen molar-refractivity contribution < 1.29 is 18.0 Å². The number of phenols is 1. The number of aromatic nitrogens is 2. The number of benzene rings is 2. The van der Waals surface area contributed by atoms with E-state index in [0.29, 0.717) is 11.1 Å². The summed E-state index contributed by atoms with van der Waals surface area (Å²) in [6.45, 7) is 3.70. The van der Waals surface area contributed by atoms with E-state index >= 15 is 0 Å². The smallest absolute Gasteiger partial charge is 0.262 e. The second kappa shape index (κ2) is 5.73. The van der Waals surface area contributed by atoms with Crippen molar-refractivity contribution in [3.8, 4) is 28.6 Å². The Morgan fingerprint density at radius 1 is 1.08 bits per heavy atom. The summed E-state index contributed by atoms with van der Waals surface area (Å²) in [7, 11) is -3.75. The molecule has 0 saturated carbocycles. The summed E-state index contributed by atoms with van der Waals surface area (Å²) in [4.78, 5) is 4.26. The standard InChI is InChI=1S/C16H15N3O4S/c1-9-3-8-13(14(20)10(9)2)16-18-15(19-23-16)11-4-6-12(7-5-11)24(17,21)22/h3-8,20H,1-2H3,(H2,17,21,22). The lowest BCUT2D eigenvalue weighted by molar-refractivity contribution is 0.425. The van der Waals surface area contributed by atoms with Crippen molar-refractivity contribution in [1.29, 1.82) is 0 Å². The summed E-state index contributed by atoms with van der Waals surface area (Å²) in [6.07, 6.45) is 0. The lowest BCUT2D eigenvalue weighted by Gasteiger charge is -2.05. The van der Waals surface area contributed by atoms with Gasteiger partial charge in [-0.3, -0.25) is 0 Å². The molecular formula is C16H15N3O4S. The molecule has 2 aromatic carbocycles. The van der Waals surface area contributed by atoms with Crippen LogP contribution in [0.1, 0.15) is 11.1 Å². The van der Waals surface area contributed by atoms with Crippen molar-refractivity contribution in [1.82, 2.24) is 10.1 Å². The van der Waals surface area contributed by atoms with Gasteiger partial charge in [-0.1, -0.05) is 11.2 Å². The molecular weight excluding hydrogens is 330 g/mol. The molecule has 3 N–H and O–H groups in total. The minimum absolute atomic E-state index is 0.00164. The monoisotopic (exact) mass is 345 g/mol. The van der Waals surface area contributed by atoms with E-state index in [2.05, 4.69) is 10.1 Å². The Hall–Kier alpha value is -2.71. The molecule has 0 radical (unpaired) electrons. The molecule has 0 fully saturated rings. The molecule has 0 atom stereocenters. The highest BCUT2D eigenvalue weighted by molar-refractivity contribution is 7.89. The molecule has 24 heavy (non-hydrogen) atoms. The van der Waals surface area contributed by atoms with Gasteiger partial charge in [-0.15, -0.1) is 0 Å². The number of hydrogen-bond donors (Lipinski definition) is 2. The number of hydrogen-bond acceptors (Lipinski definition) is 6. The second-order valence-corrected chi connectivity index (χ2v) is 6.96. The average Bonchev–Trinajstić information content (AvgIpc) is 3.02. The van der Waals surface area contributed by atoms with Crippen molar-refractivity contribution in [3.63, 3.8) is 0 Å². The number of rotatable bonds is 3. The average molecular weight is 345 g/mol. The largest absolute Gasteiger partial charge is 0.507 e. The zero-order chi connectivity index (χ0) is 17.5. The predicted octanol–water partition coefficient (Wildman–Crippen LogP) is 2.37. The third kappa shape index (κ3) is 2.89. The highest BCUT2D eigenvalue weighted by Gasteiger charge is 2.16. The van der Waals surface area contributed by atoms with E-state index in [1.807, 2.05) is 13.0 Å². The minimum atomic E-state index is -3.75. The summed E-state index contributed by atoms with van der Waals surface area (Å²) >= 11 is 0. The number of nitrogens with zero attached hydrogens (tertiary/aromatic N) is 2. The van der Waals surface area contributed by atoms with Crippen molar-refractivity contribution in [2.24, 2.45) is 5.14 Å². The molecule has 1 aromatic heterocycles. The van der Waals surface area contributed by atoms with Crippen molar-refractivity contribution in [2.75, 3.05) is 0 Å². The van der Waals surface area contributed by atoms with E-state index in [4.69, 9.17) is 9.66 Å². The van der Waals surface area contributed by atoms with Crippen LogP contribution in [0.4, 0.5) is 0 Å². The van der Waals surface area contributed by atoms with Crippen LogP contribution in [-0.4, -0.2) is 23.7 Å². The van der Waals surface area contributed by atoms with E-state index in [-0.39, 0.29) is 22.4 Å². The number of primary sulfonamides is 1. The zero-order valence-corrected chi connectivity index (χ0v) is 13.8. The zero-order valence-electron chi connectivity index (χ0n) is 13.0. The molecule has 0 spiro atoms. The van der Waals surface area contributed by atoms with Crippen LogP contribution in [0.5, 0.6) is 5.75 Å². The predicted molar refractivity (Wildman–Crippen MR) is 87.7 cm³/mol. The van der Waals surface area contributed by atoms with Crippen molar-refractivity contribution in [3.05, 3.63) is 47.5 Å². The quantitative estimate of drug-likeness (QED) is 0.752. The summed E-state index contributed by atoms with van der Waals surface area (Å²) in [5.74, 6) is 0.555. The molecule has 3 aromatic rings. The van der Waals surface area contributed by atoms with Crippen molar-refractivity contribution in [2.45, 2.75) is 18.7 Å². The van der Waals surface area contributed by atoms with Gasteiger partial charge in [0.15, 0.2) is 0 Å². The first kappa shape index (κ1) is 16.2. The van der Waals surface area contributed by atoms with Crippen LogP contribution >= 0.6 is 0 Å². The third-order valence-electron chi connectivity index (χ3n) is 3.80. The van der Waals surface area contributed by atoms with Crippen LogP contribution in [0.2, 0.25) is 0 Å². The first-order valence-electron chi connectivity index (χ1n) is 7.04. The lowest BCUT2D eigenvalue weighted by Crippen LogP contribution is -2.11. The van der Waals surface area contributed by atoms with Gasteiger partial charge in [0.25, 0.3) is 5.89 Å². The molecule has 3 rings (SSSR count). The molecule has 8 heteroatoms. The molecule has 0 saturated heterocycles. The number of nitrogens with two attached hydrogens (primary N) is 1. The maximum absolute atomic E-state index is 11.3. The molecule has 0 aliphatic heterocycles. The van der Waals surface area contributed by atoms with E-state index in [9.17, 15) is 13.5 Å². The van der Waals surface area contributed by atoms with Crippen LogP contribution in [-0.2, 0) is 10.0 Å². The van der Waals surface area contributed by atoms with Crippen LogP contribution in [0.15, 0.2) is 45.8 Å². The number of phenolic OH excluding ortho intramolecular Hbond substituents is 1. The van der Waals surface area contributed by atoms with E-state index in [0.717, 1.165) is 11.1 Å². The minimum Gasteiger partial charge on any atom is -0.507 e. The first-order valence-corrected chi connectivity index (χ1v) is 8.58. The summed E-state index contributed by atoms with van der Waals surface area (Å²) in [6, 6.07) is 9.37. The Morgan fingerprint density at radius 2 is 1.75 bits per heavy atom. The molecule has 0 bridgehead atoms. The van der Waals surface area contributed by atoms with Gasteiger partial charge in [-0.25, -0.2) is 13.6 Å². The maximum atomic E-state index is 11.3. The molecule has 0 amide bonds. The first-order chi connectivity index (χ1) is 11.3. The van der Waals surface area contributed by atoms with E-state index in [1.165, 1.54) is 24.3 Å². The maximum Gasteiger partial charge on any atom is 0.262 e. The van der Waals surface area contributed by atoms with Gasteiger partial charge in [-0.2, -0.15) is 4.98 Å². The third-order valence-corrected chi connectivity index (χ3v) is 4.73. The Bertz CT molecular complexity index is 1010. The summed E-state index contributed by atoms with van der Waals surface area (Å²) < 4.78 is 27.7. The van der Waals surface area contributed by atoms with Gasteiger partial charge >= 0.3 is 0 Å². The van der Waals surface area contributed by atoms with Gasteiger partial charge in [-0.05, 0) is 55.3 Å². The van der Waals surface area contributed by atoms with Gasteiger partial charge in [0.05, 0.1) is 10.5 Å². The highest BCUT2D eigenvalue weighted by Crippen LogP contribution is 2.33. The van der Waals surface area contributed by atoms with Gasteiger partial charge in [0, 0.05) is 5.56 Å². The second-order valence-electron chi connectivity index (χ2n) is 5.40. The van der Waals surface area contributed by atoms with Gasteiger partial charge in [0.2, 0.25) is 15.8 Å². The van der Waals surface area contributed by atoms with Crippen LogP contribution in [0.3, 0.4) is 0 Å². The van der Waals surface area contributed by atoms with E-state index in [1.54, 1.807) is 13.0 Å². The molecule has 0 aliphatic carbocycles. The Kier molecular flexibility index (Phi) is 3.86. The van der Waals surface area contributed by atoms with E-state index < -0.39 is 10.0 Å². The van der Waals surface area contributed by atoms with Crippen LogP contribution < -0.4 is 5.14 Å². The number of aryl methyl sites for hydroxylation is 1. The molecule has 124 valence electrons. The Balaban J connectivity index is 1.98. The van der Waals surface area contributed by atoms with Crippen molar-refractivity contribution >= 4 is 10.0 Å². The molecule has 0 aliphatic rings. The SMILES string of the molecule is Cc1ccc(-c2nc(-c3ccc(S(N)(=O)=O)cc3)no2)c(O)c1C. The Morgan fingerprint density at radius 3 is 2.38 bits per heavy atom. The molecule has 7 nitrogen and oxygen atoms in total. The summed E-state index contributed by atoms with van der Waals surface area (Å²) in [5.41, 5.74) is 2.71. The molecule has 1 heterocycles. The molecule has 0 unspecified atom stereocenters. The van der Waals surface area contributed by atoms with Gasteiger partial charge < -0.3 is 9.63 Å². The number of sulfonamides is 1. The fourth-order valence-electron chi connectivity index (χ4n) is 2.22. The highest BCUT2D eigenvalue weighted by atomic mass is 32.2. The summed E-state index contributed by atoms with van der Waals surface area (Å²) in [5, 5.41) is 19.2. The normalized spacial score (nSPS) is 11.6. The number of aromatic hydroxyl groups is 1. The van der Waals surface area contributed by atoms with Crippen LogP contribution in [0, 0.1) is 13.8 Å². The lowest BCUT2D eigenvalue weighted by atomic mass is 10.0. The Labute approximate surface area is 138 Å². The fourth-order valence-corrected chi connectivity index (χ4v) is 2.73.